The summed E-state index contributed by atoms with van der Waals surface area (Å²) in [5.41, 5.74) is 4.29. The van der Waals surface area contributed by atoms with Gasteiger partial charge in [-0.3, -0.25) is 4.79 Å². The number of nitrogens with zero attached hydrogens (tertiary/aromatic N) is 2. The Morgan fingerprint density at radius 1 is 0.795 bits per heavy atom. The topological polar surface area (TPSA) is 52.7 Å². The molecular weight excluding hydrogens is 496 g/mol. The SMILES string of the molecule is O=C(Nc1ccccc1-c1ccccc1)N1CC/C=C(/c2cccc(F)c2)N(Cc2ccc(F)cc2)C(=O)C1. The van der Waals surface area contributed by atoms with Crippen LogP contribution in [0.2, 0.25) is 0 Å². The van der Waals surface area contributed by atoms with E-state index in [0.717, 1.165) is 11.1 Å². The van der Waals surface area contributed by atoms with E-state index in [2.05, 4.69) is 5.32 Å². The number of amides is 3. The van der Waals surface area contributed by atoms with Gasteiger partial charge in [0, 0.05) is 23.4 Å². The first kappa shape index (κ1) is 25.9. The number of nitrogens with one attached hydrogen (secondary N) is 1. The largest absolute Gasteiger partial charge is 0.322 e. The number of carbonyl (C=O) groups is 2. The van der Waals surface area contributed by atoms with E-state index in [1.165, 1.54) is 34.1 Å². The second-order valence-corrected chi connectivity index (χ2v) is 9.26. The van der Waals surface area contributed by atoms with Gasteiger partial charge in [-0.2, -0.15) is 0 Å². The van der Waals surface area contributed by atoms with Crippen LogP contribution in [-0.2, 0) is 11.3 Å². The second kappa shape index (κ2) is 11.7. The fourth-order valence-corrected chi connectivity index (χ4v) is 4.63. The predicted molar refractivity (Wildman–Crippen MR) is 148 cm³/mol. The first-order valence-corrected chi connectivity index (χ1v) is 12.7. The zero-order valence-corrected chi connectivity index (χ0v) is 21.2. The monoisotopic (exact) mass is 523 g/mol. The van der Waals surface area contributed by atoms with Crippen LogP contribution in [0.15, 0.2) is 109 Å². The summed E-state index contributed by atoms with van der Waals surface area (Å²) in [6.07, 6.45) is 2.29. The molecule has 0 saturated carbocycles. The summed E-state index contributed by atoms with van der Waals surface area (Å²) >= 11 is 0. The van der Waals surface area contributed by atoms with Gasteiger partial charge in [-0.25, -0.2) is 13.6 Å². The highest BCUT2D eigenvalue weighted by atomic mass is 19.1. The molecule has 0 saturated heterocycles. The average molecular weight is 524 g/mol. The van der Waals surface area contributed by atoms with Gasteiger partial charge in [-0.1, -0.05) is 78.9 Å². The molecule has 0 aromatic heterocycles. The van der Waals surface area contributed by atoms with Crippen LogP contribution in [0.5, 0.6) is 0 Å². The van der Waals surface area contributed by atoms with E-state index in [1.54, 1.807) is 24.3 Å². The molecule has 3 amide bonds. The lowest BCUT2D eigenvalue weighted by Crippen LogP contribution is -2.45. The van der Waals surface area contributed by atoms with Crippen molar-refractivity contribution in [1.29, 1.82) is 0 Å². The number of benzene rings is 4. The molecule has 0 unspecified atom stereocenters. The molecule has 0 fully saturated rings. The van der Waals surface area contributed by atoms with Gasteiger partial charge in [-0.05, 0) is 47.9 Å². The summed E-state index contributed by atoms with van der Waals surface area (Å²) in [5.74, 6) is -1.12. The van der Waals surface area contributed by atoms with Crippen LogP contribution in [0.4, 0.5) is 19.3 Å². The van der Waals surface area contributed by atoms with E-state index in [0.29, 0.717) is 35.5 Å². The molecule has 0 atom stereocenters. The Morgan fingerprint density at radius 3 is 2.28 bits per heavy atom. The molecular formula is C32H27F2N3O2. The molecule has 196 valence electrons. The number of para-hydroxylation sites is 1. The molecule has 4 aromatic rings. The number of rotatable bonds is 5. The molecule has 0 spiro atoms. The van der Waals surface area contributed by atoms with Gasteiger partial charge in [0.25, 0.3) is 0 Å². The van der Waals surface area contributed by atoms with Gasteiger partial charge >= 0.3 is 6.03 Å². The highest BCUT2D eigenvalue weighted by Gasteiger charge is 2.27. The molecule has 0 aliphatic carbocycles. The van der Waals surface area contributed by atoms with Crippen molar-refractivity contribution in [2.75, 3.05) is 18.4 Å². The molecule has 1 aliphatic heterocycles. The van der Waals surface area contributed by atoms with Crippen molar-refractivity contribution in [2.45, 2.75) is 13.0 Å². The number of halogens is 2. The van der Waals surface area contributed by atoms with E-state index in [-0.39, 0.29) is 24.8 Å². The van der Waals surface area contributed by atoms with Gasteiger partial charge in [0.05, 0.1) is 12.2 Å². The number of carbonyl (C=O) groups excluding carboxylic acids is 2. The van der Waals surface area contributed by atoms with Crippen LogP contribution in [0.3, 0.4) is 0 Å². The van der Waals surface area contributed by atoms with Gasteiger partial charge in [0.2, 0.25) is 5.91 Å². The molecule has 4 aromatic carbocycles. The average Bonchev–Trinajstić information content (AvgIpc) is 2.94. The Morgan fingerprint density at radius 2 is 1.51 bits per heavy atom. The Kier molecular flexibility index (Phi) is 7.78. The predicted octanol–water partition coefficient (Wildman–Crippen LogP) is 6.94. The lowest BCUT2D eigenvalue weighted by atomic mass is 10.0. The van der Waals surface area contributed by atoms with Gasteiger partial charge in [0.1, 0.15) is 18.2 Å². The fraction of sp³-hybridized carbons (Fsp3) is 0.125. The van der Waals surface area contributed by atoms with Crippen LogP contribution >= 0.6 is 0 Å². The Labute approximate surface area is 226 Å². The lowest BCUT2D eigenvalue weighted by Gasteiger charge is -2.32. The Hall–Kier alpha value is -4.78. The van der Waals surface area contributed by atoms with Crippen molar-refractivity contribution < 1.29 is 18.4 Å². The lowest BCUT2D eigenvalue weighted by molar-refractivity contribution is -0.129. The minimum absolute atomic E-state index is 0.147. The number of hydrogen-bond donors (Lipinski definition) is 1. The fourth-order valence-electron chi connectivity index (χ4n) is 4.63. The van der Waals surface area contributed by atoms with Crippen LogP contribution in [0.25, 0.3) is 16.8 Å². The Balaban J connectivity index is 1.41. The zero-order valence-electron chi connectivity index (χ0n) is 21.2. The maximum Gasteiger partial charge on any atom is 0.322 e. The van der Waals surface area contributed by atoms with E-state index >= 15 is 0 Å². The zero-order chi connectivity index (χ0) is 27.2. The van der Waals surface area contributed by atoms with Crippen molar-refractivity contribution in [2.24, 2.45) is 0 Å². The first-order chi connectivity index (χ1) is 19.0. The van der Waals surface area contributed by atoms with Crippen molar-refractivity contribution in [3.8, 4) is 11.1 Å². The summed E-state index contributed by atoms with van der Waals surface area (Å²) in [5, 5.41) is 2.97. The van der Waals surface area contributed by atoms with Crippen molar-refractivity contribution in [1.82, 2.24) is 9.80 Å². The number of hydrogen-bond acceptors (Lipinski definition) is 2. The van der Waals surface area contributed by atoms with Crippen LogP contribution in [0.1, 0.15) is 17.5 Å². The highest BCUT2D eigenvalue weighted by Crippen LogP contribution is 2.29. The number of anilines is 1. The third kappa shape index (κ3) is 6.21. The second-order valence-electron chi connectivity index (χ2n) is 9.26. The van der Waals surface area contributed by atoms with Crippen molar-refractivity contribution in [3.63, 3.8) is 0 Å². The third-order valence-electron chi connectivity index (χ3n) is 6.57. The summed E-state index contributed by atoms with van der Waals surface area (Å²) in [4.78, 5) is 30.1. The molecule has 5 rings (SSSR count). The summed E-state index contributed by atoms with van der Waals surface area (Å²) in [7, 11) is 0. The highest BCUT2D eigenvalue weighted by molar-refractivity contribution is 5.97. The normalized spacial score (nSPS) is 15.2. The van der Waals surface area contributed by atoms with Crippen LogP contribution in [0, 0.1) is 11.6 Å². The molecule has 1 heterocycles. The third-order valence-corrected chi connectivity index (χ3v) is 6.57. The van der Waals surface area contributed by atoms with Gasteiger partial charge < -0.3 is 15.1 Å². The van der Waals surface area contributed by atoms with Gasteiger partial charge in [-0.15, -0.1) is 0 Å². The molecule has 39 heavy (non-hydrogen) atoms. The van der Waals surface area contributed by atoms with E-state index < -0.39 is 11.8 Å². The first-order valence-electron chi connectivity index (χ1n) is 12.7. The van der Waals surface area contributed by atoms with E-state index in [9.17, 15) is 18.4 Å². The number of urea groups is 1. The molecule has 0 bridgehead atoms. The maximum atomic E-state index is 14.1. The van der Waals surface area contributed by atoms with Crippen molar-refractivity contribution in [3.05, 3.63) is 132 Å². The van der Waals surface area contributed by atoms with Crippen molar-refractivity contribution >= 4 is 23.3 Å². The molecule has 1 aliphatic rings. The van der Waals surface area contributed by atoms with Gasteiger partial charge in [0.15, 0.2) is 0 Å². The van der Waals surface area contributed by atoms with Crippen LogP contribution < -0.4 is 5.32 Å². The quantitative estimate of drug-likeness (QED) is 0.308. The maximum absolute atomic E-state index is 14.1. The smallest absolute Gasteiger partial charge is 0.315 e. The standard InChI is InChI=1S/C32H27F2N3O2/c33-26-17-15-23(16-18-26)21-37-30(25-10-6-11-27(34)20-25)14-7-19-36(22-31(37)38)32(39)35-29-13-5-4-12-28(29)24-8-2-1-3-9-24/h1-6,8-18,20H,7,19,21-22H2,(H,35,39)/b30-14-. The molecule has 1 N–H and O–H groups in total. The molecule has 0 radical (unpaired) electrons. The van der Waals surface area contributed by atoms with Crippen LogP contribution in [-0.4, -0.2) is 34.8 Å². The summed E-state index contributed by atoms with van der Waals surface area (Å²) < 4.78 is 27.6. The van der Waals surface area contributed by atoms with E-state index in [4.69, 9.17) is 0 Å². The molecule has 5 nitrogen and oxygen atoms in total. The Bertz CT molecular complexity index is 1500. The minimum Gasteiger partial charge on any atom is -0.315 e. The minimum atomic E-state index is -0.414. The molecule has 7 heteroatoms. The summed E-state index contributed by atoms with van der Waals surface area (Å²) in [6.45, 7) is 0.273. The van der Waals surface area contributed by atoms with E-state index in [1.807, 2.05) is 60.7 Å². The summed E-state index contributed by atoms with van der Waals surface area (Å²) in [6, 6.07) is 28.8.